The molecule has 0 aliphatic rings. The van der Waals surface area contributed by atoms with Gasteiger partial charge in [-0.2, -0.15) is 0 Å². The van der Waals surface area contributed by atoms with Crippen LogP contribution in [0, 0.1) is 18.6 Å². The van der Waals surface area contributed by atoms with Gasteiger partial charge in [-0.05, 0) is 37.6 Å². The summed E-state index contributed by atoms with van der Waals surface area (Å²) in [7, 11) is 0. The molecular weight excluding hydrogens is 276 g/mol. The number of pyridine rings is 1. The summed E-state index contributed by atoms with van der Waals surface area (Å²) >= 11 is 0. The number of benzene rings is 1. The molecular formula is C15H15F2N3O. The molecule has 1 amide bonds. The largest absolute Gasteiger partial charge is 0.370 e. The number of hydrogen-bond donors (Lipinski definition) is 2. The molecule has 1 heterocycles. The lowest BCUT2D eigenvalue weighted by atomic mass is 10.2. The molecule has 2 rings (SSSR count). The molecule has 0 atom stereocenters. The van der Waals surface area contributed by atoms with Gasteiger partial charge in [-0.15, -0.1) is 0 Å². The maximum Gasteiger partial charge on any atom is 0.259 e. The van der Waals surface area contributed by atoms with E-state index in [0.717, 1.165) is 17.8 Å². The van der Waals surface area contributed by atoms with Crippen molar-refractivity contribution in [3.63, 3.8) is 0 Å². The zero-order chi connectivity index (χ0) is 15.4. The fourth-order valence-electron chi connectivity index (χ4n) is 1.83. The molecule has 2 N–H and O–H groups in total. The van der Waals surface area contributed by atoms with Gasteiger partial charge in [0.05, 0.1) is 17.4 Å². The number of nitrogens with zero attached hydrogens (tertiary/aromatic N) is 1. The summed E-state index contributed by atoms with van der Waals surface area (Å²) in [6.07, 6.45) is 1.02. The van der Waals surface area contributed by atoms with Gasteiger partial charge in [0, 0.05) is 6.54 Å². The average Bonchev–Trinajstić information content (AvgIpc) is 2.44. The Morgan fingerprint density at radius 2 is 2.05 bits per heavy atom. The molecule has 0 bridgehead atoms. The van der Waals surface area contributed by atoms with Crippen LogP contribution in [0.5, 0.6) is 0 Å². The summed E-state index contributed by atoms with van der Waals surface area (Å²) in [5.74, 6) is -1.55. The van der Waals surface area contributed by atoms with Gasteiger partial charge in [-0.25, -0.2) is 13.8 Å². The Balaban J connectivity index is 2.29. The summed E-state index contributed by atoms with van der Waals surface area (Å²) in [6.45, 7) is 4.10. The summed E-state index contributed by atoms with van der Waals surface area (Å²) in [6, 6.07) is 5.51. The van der Waals surface area contributed by atoms with Crippen molar-refractivity contribution in [2.75, 3.05) is 17.2 Å². The highest BCUT2D eigenvalue weighted by Gasteiger charge is 2.15. The van der Waals surface area contributed by atoms with Crippen molar-refractivity contribution < 1.29 is 13.6 Å². The van der Waals surface area contributed by atoms with Gasteiger partial charge in [0.2, 0.25) is 0 Å². The van der Waals surface area contributed by atoms with Gasteiger partial charge in [-0.3, -0.25) is 4.79 Å². The van der Waals surface area contributed by atoms with Crippen LogP contribution in [0.3, 0.4) is 0 Å². The van der Waals surface area contributed by atoms with Crippen molar-refractivity contribution in [2.45, 2.75) is 13.8 Å². The maximum atomic E-state index is 13.7. The lowest BCUT2D eigenvalue weighted by Crippen LogP contribution is -2.17. The van der Waals surface area contributed by atoms with Crippen LogP contribution >= 0.6 is 0 Å². The normalized spacial score (nSPS) is 10.3. The van der Waals surface area contributed by atoms with E-state index in [1.54, 1.807) is 13.0 Å². The molecule has 1 aromatic carbocycles. The zero-order valence-corrected chi connectivity index (χ0v) is 11.7. The predicted octanol–water partition coefficient (Wildman–Crippen LogP) is 3.35. The Hall–Kier alpha value is -2.50. The Bertz CT molecular complexity index is 674. The number of aryl methyl sites for hydroxylation is 1. The Morgan fingerprint density at radius 3 is 2.71 bits per heavy atom. The van der Waals surface area contributed by atoms with Gasteiger partial charge in [0.25, 0.3) is 5.91 Å². The Labute approximate surface area is 121 Å². The van der Waals surface area contributed by atoms with Gasteiger partial charge >= 0.3 is 0 Å². The molecule has 4 nitrogen and oxygen atoms in total. The monoisotopic (exact) mass is 291 g/mol. The first kappa shape index (κ1) is 14.9. The second-order valence-corrected chi connectivity index (χ2v) is 4.52. The van der Waals surface area contributed by atoms with Crippen LogP contribution in [0.1, 0.15) is 22.8 Å². The third-order valence-corrected chi connectivity index (χ3v) is 2.82. The Kier molecular flexibility index (Phi) is 4.47. The minimum Gasteiger partial charge on any atom is -0.370 e. The quantitative estimate of drug-likeness (QED) is 0.908. The van der Waals surface area contributed by atoms with Crippen LogP contribution < -0.4 is 10.6 Å². The van der Waals surface area contributed by atoms with E-state index in [4.69, 9.17) is 0 Å². The lowest BCUT2D eigenvalue weighted by molar-refractivity contribution is 0.102. The number of carbonyl (C=O) groups excluding carboxylic acids is 1. The molecule has 2 aromatic rings. The van der Waals surface area contributed by atoms with E-state index < -0.39 is 17.5 Å². The summed E-state index contributed by atoms with van der Waals surface area (Å²) in [5, 5.41) is 5.28. The first-order valence-electron chi connectivity index (χ1n) is 6.48. The van der Waals surface area contributed by atoms with Crippen molar-refractivity contribution in [1.82, 2.24) is 4.98 Å². The summed E-state index contributed by atoms with van der Waals surface area (Å²) in [5.41, 5.74) is 0.806. The molecule has 1 aromatic heterocycles. The number of carbonyl (C=O) groups is 1. The van der Waals surface area contributed by atoms with E-state index in [2.05, 4.69) is 15.6 Å². The minimum atomic E-state index is -0.633. The third-order valence-electron chi connectivity index (χ3n) is 2.82. The van der Waals surface area contributed by atoms with Gasteiger partial charge < -0.3 is 10.6 Å². The first-order chi connectivity index (χ1) is 10.0. The van der Waals surface area contributed by atoms with Gasteiger partial charge in [-0.1, -0.05) is 6.07 Å². The van der Waals surface area contributed by atoms with E-state index in [9.17, 15) is 13.6 Å². The summed E-state index contributed by atoms with van der Waals surface area (Å²) in [4.78, 5) is 16.0. The molecule has 110 valence electrons. The van der Waals surface area contributed by atoms with E-state index in [1.165, 1.54) is 12.1 Å². The number of nitrogens with one attached hydrogen (secondary N) is 2. The van der Waals surface area contributed by atoms with E-state index in [0.29, 0.717) is 6.54 Å². The molecule has 0 saturated carbocycles. The van der Waals surface area contributed by atoms with Crippen LogP contribution in [-0.4, -0.2) is 17.4 Å². The molecule has 0 aliphatic heterocycles. The van der Waals surface area contributed by atoms with Crippen LogP contribution in [0.25, 0.3) is 0 Å². The van der Waals surface area contributed by atoms with Crippen LogP contribution in [0.2, 0.25) is 0 Å². The molecule has 0 fully saturated rings. The second-order valence-electron chi connectivity index (χ2n) is 4.52. The highest BCUT2D eigenvalue weighted by molar-refractivity contribution is 6.07. The topological polar surface area (TPSA) is 54.0 Å². The number of rotatable bonds is 4. The van der Waals surface area contributed by atoms with Crippen molar-refractivity contribution >= 4 is 17.4 Å². The van der Waals surface area contributed by atoms with E-state index in [-0.39, 0.29) is 17.1 Å². The number of hydrogen-bond acceptors (Lipinski definition) is 3. The average molecular weight is 291 g/mol. The third kappa shape index (κ3) is 3.53. The fourth-order valence-corrected chi connectivity index (χ4v) is 1.83. The first-order valence-corrected chi connectivity index (χ1v) is 6.48. The molecule has 0 radical (unpaired) electrons. The maximum absolute atomic E-state index is 13.7. The molecule has 6 heteroatoms. The molecule has 0 saturated heterocycles. The number of anilines is 2. The van der Waals surface area contributed by atoms with E-state index in [1.807, 2.05) is 6.92 Å². The highest BCUT2D eigenvalue weighted by Crippen LogP contribution is 2.19. The molecule has 21 heavy (non-hydrogen) atoms. The van der Waals surface area contributed by atoms with E-state index >= 15 is 0 Å². The predicted molar refractivity (Wildman–Crippen MR) is 77.4 cm³/mol. The fraction of sp³-hybridized carbons (Fsp3) is 0.200. The van der Waals surface area contributed by atoms with Crippen LogP contribution in [0.4, 0.5) is 20.3 Å². The summed E-state index contributed by atoms with van der Waals surface area (Å²) < 4.78 is 27.0. The zero-order valence-electron chi connectivity index (χ0n) is 11.7. The van der Waals surface area contributed by atoms with Gasteiger partial charge in [0.15, 0.2) is 0 Å². The molecule has 0 unspecified atom stereocenters. The minimum absolute atomic E-state index is 0.0248. The molecule has 0 spiro atoms. The number of aromatic nitrogens is 1. The van der Waals surface area contributed by atoms with Gasteiger partial charge in [0.1, 0.15) is 17.5 Å². The highest BCUT2D eigenvalue weighted by atomic mass is 19.1. The molecule has 0 aliphatic carbocycles. The van der Waals surface area contributed by atoms with Crippen molar-refractivity contribution in [3.8, 4) is 0 Å². The smallest absolute Gasteiger partial charge is 0.259 e. The lowest BCUT2D eigenvalue weighted by Gasteiger charge is -2.11. The Morgan fingerprint density at radius 1 is 1.29 bits per heavy atom. The van der Waals surface area contributed by atoms with Crippen LogP contribution in [0.15, 0.2) is 30.5 Å². The number of amides is 1. The second kappa shape index (κ2) is 6.30. The SMILES string of the molecule is CCNc1ncc(F)cc1C(=O)Nc1ccc(C)cc1F. The van der Waals surface area contributed by atoms with Crippen molar-refractivity contribution in [2.24, 2.45) is 0 Å². The number of halogens is 2. The van der Waals surface area contributed by atoms with Crippen LogP contribution in [-0.2, 0) is 0 Å². The standard InChI is InChI=1S/C15H15F2N3O/c1-3-18-14-11(7-10(16)8-19-14)15(21)20-13-5-4-9(2)6-12(13)17/h4-8H,3H2,1-2H3,(H,18,19)(H,20,21). The van der Waals surface area contributed by atoms with Crippen molar-refractivity contribution in [1.29, 1.82) is 0 Å². The van der Waals surface area contributed by atoms with Crippen molar-refractivity contribution in [3.05, 3.63) is 53.2 Å².